The highest BCUT2D eigenvalue weighted by Crippen LogP contribution is 2.31. The van der Waals surface area contributed by atoms with Crippen LogP contribution < -0.4 is 16.3 Å². The van der Waals surface area contributed by atoms with Crippen LogP contribution in [0.2, 0.25) is 0 Å². The van der Waals surface area contributed by atoms with E-state index in [0.717, 1.165) is 0 Å². The van der Waals surface area contributed by atoms with Crippen molar-refractivity contribution < 1.29 is 13.5 Å². The van der Waals surface area contributed by atoms with E-state index in [2.05, 4.69) is 15.1 Å². The first-order valence-electron chi connectivity index (χ1n) is 9.11. The van der Waals surface area contributed by atoms with Gasteiger partial charge in [0, 0.05) is 11.9 Å². The van der Waals surface area contributed by atoms with Crippen LogP contribution in [0.3, 0.4) is 0 Å². The van der Waals surface area contributed by atoms with Crippen LogP contribution in [0.4, 0.5) is 5.69 Å². The quantitative estimate of drug-likeness (QED) is 0.607. The number of aromatic hydroxyl groups is 1. The smallest absolute Gasteiger partial charge is 0.286 e. The van der Waals surface area contributed by atoms with E-state index in [1.165, 1.54) is 10.7 Å². The van der Waals surface area contributed by atoms with E-state index < -0.39 is 15.6 Å². The minimum absolute atomic E-state index is 0.0160. The Bertz CT molecular complexity index is 1310. The lowest BCUT2D eigenvalue weighted by Gasteiger charge is -2.21. The topological polar surface area (TPSA) is 113 Å². The lowest BCUT2D eigenvalue weighted by atomic mass is 10.1. The van der Waals surface area contributed by atoms with Crippen molar-refractivity contribution in [3.8, 4) is 5.75 Å². The summed E-state index contributed by atoms with van der Waals surface area (Å²) < 4.78 is 30.3. The molecule has 8 nitrogen and oxygen atoms in total. The minimum Gasteiger partial charge on any atom is -0.506 e. The van der Waals surface area contributed by atoms with Gasteiger partial charge in [-0.25, -0.2) is 4.68 Å². The second-order valence-electron chi connectivity index (χ2n) is 7.17. The first kappa shape index (κ1) is 19.0. The second kappa shape index (κ2) is 6.93. The molecule has 0 spiro atoms. The molecule has 3 aromatic rings. The molecule has 3 N–H and O–H groups in total. The molecule has 0 fully saturated rings. The zero-order chi connectivity index (χ0) is 20.8. The van der Waals surface area contributed by atoms with Gasteiger partial charge in [0.15, 0.2) is 5.84 Å². The molecule has 150 valence electrons. The normalized spacial score (nSPS) is 14.9. The Morgan fingerprint density at radius 3 is 2.59 bits per heavy atom. The summed E-state index contributed by atoms with van der Waals surface area (Å²) in [6.07, 6.45) is 0. The third-order valence-corrected chi connectivity index (χ3v) is 5.91. The molecular formula is C20H20N4O4S. The van der Waals surface area contributed by atoms with E-state index in [0.29, 0.717) is 23.1 Å². The highest BCUT2D eigenvalue weighted by atomic mass is 32.2. The number of fused-ring (bicyclic) bond motifs is 2. The summed E-state index contributed by atoms with van der Waals surface area (Å²) in [5, 5.41) is 14.1. The number of sulfonamides is 1. The largest absolute Gasteiger partial charge is 0.506 e. The lowest BCUT2D eigenvalue weighted by molar-refractivity contribution is 0.478. The van der Waals surface area contributed by atoms with Gasteiger partial charge in [0.2, 0.25) is 0 Å². The molecule has 0 amide bonds. The van der Waals surface area contributed by atoms with Crippen molar-refractivity contribution in [3.63, 3.8) is 0 Å². The number of aromatic nitrogens is 1. The van der Waals surface area contributed by atoms with Crippen molar-refractivity contribution in [1.82, 2.24) is 4.68 Å². The molecule has 2 heterocycles. The predicted octanol–water partition coefficient (Wildman–Crippen LogP) is 2.47. The fraction of sp³-hybridized carbons (Fsp3) is 0.200. The van der Waals surface area contributed by atoms with E-state index in [-0.39, 0.29) is 28.0 Å². The van der Waals surface area contributed by atoms with Crippen LogP contribution in [0.15, 0.2) is 62.6 Å². The Hall–Kier alpha value is -3.33. The molecule has 0 aliphatic carbocycles. The number of para-hydroxylation sites is 2. The fourth-order valence-corrected chi connectivity index (χ4v) is 4.32. The van der Waals surface area contributed by atoms with E-state index >= 15 is 0 Å². The Morgan fingerprint density at radius 1 is 1.14 bits per heavy atom. The van der Waals surface area contributed by atoms with Gasteiger partial charge in [-0.2, -0.15) is 8.42 Å². The third-order valence-electron chi connectivity index (χ3n) is 4.58. The molecule has 29 heavy (non-hydrogen) atoms. The zero-order valence-electron chi connectivity index (χ0n) is 15.9. The number of hydrogen-bond acceptors (Lipinski definition) is 6. The maximum absolute atomic E-state index is 13.3. The van der Waals surface area contributed by atoms with Crippen molar-refractivity contribution in [2.45, 2.75) is 18.7 Å². The summed E-state index contributed by atoms with van der Waals surface area (Å²) in [5.74, 6) is -0.276. The number of benzene rings is 2. The van der Waals surface area contributed by atoms with Crippen LogP contribution in [-0.4, -0.2) is 30.6 Å². The summed E-state index contributed by atoms with van der Waals surface area (Å²) in [6, 6.07) is 13.1. The van der Waals surface area contributed by atoms with Gasteiger partial charge in [0.05, 0.1) is 11.2 Å². The fourth-order valence-electron chi connectivity index (χ4n) is 3.19. The molecule has 1 aromatic heterocycles. The number of nitrogens with zero attached hydrogens (tertiary/aromatic N) is 2. The number of hydrogen-bond donors (Lipinski definition) is 3. The van der Waals surface area contributed by atoms with Crippen LogP contribution in [-0.2, 0) is 10.0 Å². The van der Waals surface area contributed by atoms with Gasteiger partial charge in [-0.3, -0.25) is 4.79 Å². The molecule has 0 saturated carbocycles. The van der Waals surface area contributed by atoms with Gasteiger partial charge in [0.1, 0.15) is 16.2 Å². The average molecular weight is 412 g/mol. The molecule has 0 atom stereocenters. The third kappa shape index (κ3) is 3.23. The number of amidine groups is 1. The number of anilines is 1. The van der Waals surface area contributed by atoms with Crippen LogP contribution in [0.1, 0.15) is 19.4 Å². The highest BCUT2D eigenvalue weighted by molar-refractivity contribution is 7.90. The maximum atomic E-state index is 13.3. The number of nitrogens with one attached hydrogen (secondary N) is 2. The Morgan fingerprint density at radius 2 is 1.83 bits per heavy atom. The molecule has 2 aromatic carbocycles. The molecule has 0 radical (unpaired) electrons. The monoisotopic (exact) mass is 412 g/mol. The highest BCUT2D eigenvalue weighted by Gasteiger charge is 2.29. The zero-order valence-corrected chi connectivity index (χ0v) is 16.7. The van der Waals surface area contributed by atoms with Crippen molar-refractivity contribution in [2.24, 2.45) is 10.3 Å². The predicted molar refractivity (Wildman–Crippen MR) is 113 cm³/mol. The van der Waals surface area contributed by atoms with Gasteiger partial charge in [-0.15, -0.1) is 4.40 Å². The molecule has 0 saturated heterocycles. The standard InChI is InChI=1S/C20H20N4O4S/c1-12(2)11-21-24-15-9-5-3-7-13(15)18(25)17(20(24)26)19-22-14-8-4-6-10-16(14)29(27,28)23-19/h3-10,12,21,25H,11H2,1-2H3,(H,22,23). The van der Waals surface area contributed by atoms with E-state index in [1.54, 1.807) is 42.5 Å². The molecule has 4 rings (SSSR count). The first-order chi connectivity index (χ1) is 13.8. The lowest BCUT2D eigenvalue weighted by Crippen LogP contribution is -2.37. The Labute approximate surface area is 167 Å². The van der Waals surface area contributed by atoms with E-state index in [4.69, 9.17) is 0 Å². The molecule has 9 heteroatoms. The van der Waals surface area contributed by atoms with Crippen molar-refractivity contribution in [2.75, 3.05) is 17.3 Å². The summed E-state index contributed by atoms with van der Waals surface area (Å²) in [6.45, 7) is 4.50. The van der Waals surface area contributed by atoms with Crippen molar-refractivity contribution in [1.29, 1.82) is 0 Å². The van der Waals surface area contributed by atoms with Crippen LogP contribution in [0.25, 0.3) is 10.9 Å². The minimum atomic E-state index is -4.02. The average Bonchev–Trinajstić information content (AvgIpc) is 2.67. The second-order valence-corrected chi connectivity index (χ2v) is 8.75. The SMILES string of the molecule is CC(C)CNn1c(=O)c(C2=NS(=O)(=O)c3ccccc3N2)c(O)c2ccccc21. The van der Waals surface area contributed by atoms with Crippen LogP contribution in [0, 0.1) is 5.92 Å². The van der Waals surface area contributed by atoms with Crippen molar-refractivity contribution in [3.05, 3.63) is 64.4 Å². The summed E-state index contributed by atoms with van der Waals surface area (Å²) >= 11 is 0. The van der Waals surface area contributed by atoms with Crippen molar-refractivity contribution >= 4 is 32.4 Å². The van der Waals surface area contributed by atoms with Gasteiger partial charge in [-0.1, -0.05) is 38.1 Å². The molecule has 1 aliphatic heterocycles. The Balaban J connectivity index is 1.98. The van der Waals surface area contributed by atoms with Gasteiger partial charge < -0.3 is 15.8 Å². The molecular weight excluding hydrogens is 392 g/mol. The molecule has 1 aliphatic rings. The van der Waals surface area contributed by atoms with Gasteiger partial charge in [0.25, 0.3) is 15.6 Å². The summed E-state index contributed by atoms with van der Waals surface area (Å²) in [4.78, 5) is 13.3. The van der Waals surface area contributed by atoms with E-state index in [9.17, 15) is 18.3 Å². The maximum Gasteiger partial charge on any atom is 0.286 e. The molecule has 0 bridgehead atoms. The van der Waals surface area contributed by atoms with E-state index in [1.807, 2.05) is 13.8 Å². The van der Waals surface area contributed by atoms with Crippen LogP contribution in [0.5, 0.6) is 5.75 Å². The summed E-state index contributed by atoms with van der Waals surface area (Å²) in [7, 11) is -4.02. The number of rotatable bonds is 4. The van der Waals surface area contributed by atoms with Crippen LogP contribution >= 0.6 is 0 Å². The van der Waals surface area contributed by atoms with Gasteiger partial charge >= 0.3 is 0 Å². The Kier molecular flexibility index (Phi) is 4.54. The number of pyridine rings is 1. The summed E-state index contributed by atoms with van der Waals surface area (Å²) in [5.41, 5.74) is 3.04. The van der Waals surface area contributed by atoms with Gasteiger partial charge in [-0.05, 0) is 30.2 Å². The molecule has 0 unspecified atom stereocenters. The first-order valence-corrected chi connectivity index (χ1v) is 10.6.